The minimum absolute atomic E-state index is 0.127. The van der Waals surface area contributed by atoms with E-state index in [9.17, 15) is 9.59 Å². The van der Waals surface area contributed by atoms with Gasteiger partial charge in [-0.25, -0.2) is 0 Å². The SMILES string of the molecule is C=CCC(=O)N1CCC2(CC1)CNC(=O)C2. The van der Waals surface area contributed by atoms with Crippen molar-refractivity contribution in [3.05, 3.63) is 12.7 Å². The van der Waals surface area contributed by atoms with Crippen LogP contribution in [0.15, 0.2) is 12.7 Å². The highest BCUT2D eigenvalue weighted by Crippen LogP contribution is 2.37. The fourth-order valence-electron chi connectivity index (χ4n) is 2.59. The molecule has 0 saturated carbocycles. The summed E-state index contributed by atoms with van der Waals surface area (Å²) < 4.78 is 0. The zero-order chi connectivity index (χ0) is 11.6. The standard InChI is InChI=1S/C12H18N2O2/c1-2-3-11(16)14-6-4-12(5-7-14)8-10(15)13-9-12/h2H,1,3-9H2,(H,13,15). The molecule has 0 aromatic rings. The molecule has 2 fully saturated rings. The van der Waals surface area contributed by atoms with Crippen molar-refractivity contribution < 1.29 is 9.59 Å². The second-order valence-corrected chi connectivity index (χ2v) is 4.83. The van der Waals surface area contributed by atoms with Crippen LogP contribution < -0.4 is 5.32 Å². The monoisotopic (exact) mass is 222 g/mol. The van der Waals surface area contributed by atoms with Gasteiger partial charge in [0.25, 0.3) is 0 Å². The first-order valence-electron chi connectivity index (χ1n) is 5.81. The average Bonchev–Trinajstić information content (AvgIpc) is 2.61. The molecule has 0 atom stereocenters. The topological polar surface area (TPSA) is 49.4 Å². The van der Waals surface area contributed by atoms with E-state index in [1.54, 1.807) is 6.08 Å². The van der Waals surface area contributed by atoms with E-state index in [2.05, 4.69) is 11.9 Å². The van der Waals surface area contributed by atoms with Crippen LogP contribution in [0.1, 0.15) is 25.7 Å². The molecule has 4 nitrogen and oxygen atoms in total. The van der Waals surface area contributed by atoms with E-state index in [1.807, 2.05) is 4.90 Å². The Hall–Kier alpha value is -1.32. The molecule has 2 amide bonds. The lowest BCUT2D eigenvalue weighted by Crippen LogP contribution is -2.43. The smallest absolute Gasteiger partial charge is 0.226 e. The number of amides is 2. The molecule has 88 valence electrons. The highest BCUT2D eigenvalue weighted by atomic mass is 16.2. The van der Waals surface area contributed by atoms with Crippen molar-refractivity contribution in [3.63, 3.8) is 0 Å². The third-order valence-electron chi connectivity index (χ3n) is 3.69. The highest BCUT2D eigenvalue weighted by Gasteiger charge is 2.41. The lowest BCUT2D eigenvalue weighted by atomic mass is 9.77. The first kappa shape index (κ1) is 11.2. The summed E-state index contributed by atoms with van der Waals surface area (Å²) in [5.74, 6) is 0.313. The fraction of sp³-hybridized carbons (Fsp3) is 0.667. The van der Waals surface area contributed by atoms with Crippen molar-refractivity contribution in [3.8, 4) is 0 Å². The first-order valence-corrected chi connectivity index (χ1v) is 5.81. The second-order valence-electron chi connectivity index (χ2n) is 4.83. The third kappa shape index (κ3) is 2.10. The van der Waals surface area contributed by atoms with Gasteiger partial charge in [0, 0.05) is 32.5 Å². The van der Waals surface area contributed by atoms with Crippen molar-refractivity contribution in [2.45, 2.75) is 25.7 Å². The van der Waals surface area contributed by atoms with Gasteiger partial charge in [0.1, 0.15) is 0 Å². The van der Waals surface area contributed by atoms with Crippen LogP contribution in [0, 0.1) is 5.41 Å². The van der Waals surface area contributed by atoms with Gasteiger partial charge in [0.15, 0.2) is 0 Å². The molecule has 16 heavy (non-hydrogen) atoms. The molecule has 0 aromatic carbocycles. The van der Waals surface area contributed by atoms with E-state index >= 15 is 0 Å². The van der Waals surface area contributed by atoms with Crippen LogP contribution in [-0.4, -0.2) is 36.3 Å². The summed E-state index contributed by atoms with van der Waals surface area (Å²) >= 11 is 0. The van der Waals surface area contributed by atoms with E-state index in [0.717, 1.165) is 32.5 Å². The van der Waals surface area contributed by atoms with Crippen LogP contribution in [0.5, 0.6) is 0 Å². The summed E-state index contributed by atoms with van der Waals surface area (Å²) in [6.45, 7) is 5.92. The summed E-state index contributed by atoms with van der Waals surface area (Å²) in [7, 11) is 0. The van der Waals surface area contributed by atoms with Gasteiger partial charge in [0.05, 0.1) is 0 Å². The molecule has 1 spiro atoms. The van der Waals surface area contributed by atoms with E-state index < -0.39 is 0 Å². The van der Waals surface area contributed by atoms with Crippen molar-refractivity contribution in [1.82, 2.24) is 10.2 Å². The second kappa shape index (κ2) is 4.28. The molecule has 0 aliphatic carbocycles. The maximum atomic E-state index is 11.6. The quantitative estimate of drug-likeness (QED) is 0.699. The molecular weight excluding hydrogens is 204 g/mol. The summed E-state index contributed by atoms with van der Waals surface area (Å²) in [6.07, 6.45) is 4.58. The number of nitrogens with one attached hydrogen (secondary N) is 1. The summed E-state index contributed by atoms with van der Waals surface area (Å²) in [5.41, 5.74) is 0.127. The van der Waals surface area contributed by atoms with Crippen molar-refractivity contribution in [2.24, 2.45) is 5.41 Å². The van der Waals surface area contributed by atoms with E-state index in [0.29, 0.717) is 12.8 Å². The number of carbonyl (C=O) groups is 2. The summed E-state index contributed by atoms with van der Waals surface area (Å²) in [5, 5.41) is 2.89. The largest absolute Gasteiger partial charge is 0.356 e. The predicted molar refractivity (Wildman–Crippen MR) is 60.7 cm³/mol. The van der Waals surface area contributed by atoms with Gasteiger partial charge in [-0.15, -0.1) is 6.58 Å². The van der Waals surface area contributed by atoms with Gasteiger partial charge >= 0.3 is 0 Å². The predicted octanol–water partition coefficient (Wildman–Crippen LogP) is 0.691. The zero-order valence-corrected chi connectivity index (χ0v) is 9.50. The van der Waals surface area contributed by atoms with Gasteiger partial charge in [-0.3, -0.25) is 9.59 Å². The van der Waals surface area contributed by atoms with Gasteiger partial charge < -0.3 is 10.2 Å². The Morgan fingerprint density at radius 2 is 2.19 bits per heavy atom. The third-order valence-corrected chi connectivity index (χ3v) is 3.69. The molecule has 2 rings (SSSR count). The number of hydrogen-bond acceptors (Lipinski definition) is 2. The Morgan fingerprint density at radius 3 is 2.69 bits per heavy atom. The number of rotatable bonds is 2. The van der Waals surface area contributed by atoms with Gasteiger partial charge in [-0.2, -0.15) is 0 Å². The Balaban J connectivity index is 1.89. The molecule has 2 heterocycles. The van der Waals surface area contributed by atoms with Gasteiger partial charge in [-0.05, 0) is 18.3 Å². The summed E-state index contributed by atoms with van der Waals surface area (Å²) in [6, 6.07) is 0. The lowest BCUT2D eigenvalue weighted by Gasteiger charge is -2.38. The Labute approximate surface area is 95.7 Å². The van der Waals surface area contributed by atoms with Crippen LogP contribution in [0.3, 0.4) is 0 Å². The molecule has 0 aromatic heterocycles. The molecule has 0 bridgehead atoms. The number of hydrogen-bond donors (Lipinski definition) is 1. The Kier molecular flexibility index (Phi) is 2.99. The van der Waals surface area contributed by atoms with Crippen LogP contribution >= 0.6 is 0 Å². The van der Waals surface area contributed by atoms with Crippen molar-refractivity contribution in [2.75, 3.05) is 19.6 Å². The van der Waals surface area contributed by atoms with E-state index in [-0.39, 0.29) is 17.2 Å². The van der Waals surface area contributed by atoms with Crippen LogP contribution in [0.2, 0.25) is 0 Å². The Morgan fingerprint density at radius 1 is 1.50 bits per heavy atom. The summed E-state index contributed by atoms with van der Waals surface area (Å²) in [4.78, 5) is 24.8. The normalized spacial score (nSPS) is 23.2. The number of piperidine rings is 1. The number of likely N-dealkylation sites (tertiary alicyclic amines) is 1. The van der Waals surface area contributed by atoms with Gasteiger partial charge in [0.2, 0.25) is 11.8 Å². The molecule has 2 saturated heterocycles. The minimum atomic E-state index is 0.127. The van der Waals surface area contributed by atoms with Gasteiger partial charge in [-0.1, -0.05) is 6.08 Å². The molecular formula is C12H18N2O2. The molecule has 0 radical (unpaired) electrons. The highest BCUT2D eigenvalue weighted by molar-refractivity contribution is 5.80. The van der Waals surface area contributed by atoms with Crippen molar-refractivity contribution >= 4 is 11.8 Å². The van der Waals surface area contributed by atoms with E-state index in [4.69, 9.17) is 0 Å². The zero-order valence-electron chi connectivity index (χ0n) is 9.50. The first-order chi connectivity index (χ1) is 7.65. The molecule has 2 aliphatic heterocycles. The fourth-order valence-corrected chi connectivity index (χ4v) is 2.59. The Bertz CT molecular complexity index is 317. The lowest BCUT2D eigenvalue weighted by molar-refractivity contribution is -0.132. The molecule has 1 N–H and O–H groups in total. The van der Waals surface area contributed by atoms with Crippen LogP contribution in [-0.2, 0) is 9.59 Å². The van der Waals surface area contributed by atoms with Crippen LogP contribution in [0.4, 0.5) is 0 Å². The maximum absolute atomic E-state index is 11.6. The van der Waals surface area contributed by atoms with Crippen molar-refractivity contribution in [1.29, 1.82) is 0 Å². The molecule has 0 unspecified atom stereocenters. The number of carbonyl (C=O) groups excluding carboxylic acids is 2. The molecule has 4 heteroatoms. The van der Waals surface area contributed by atoms with E-state index in [1.165, 1.54) is 0 Å². The van der Waals surface area contributed by atoms with Crippen LogP contribution in [0.25, 0.3) is 0 Å². The minimum Gasteiger partial charge on any atom is -0.356 e. The maximum Gasteiger partial charge on any atom is 0.226 e. The molecule has 2 aliphatic rings. The average molecular weight is 222 g/mol. The number of nitrogens with zero attached hydrogens (tertiary/aromatic N) is 1.